The minimum absolute atomic E-state index is 0.0228. The lowest BCUT2D eigenvalue weighted by Crippen LogP contribution is -2.58. The van der Waals surface area contributed by atoms with Crippen molar-refractivity contribution in [3.05, 3.63) is 107 Å². The minimum atomic E-state index is -1.61. The number of aliphatic hydroxyl groups is 2. The zero-order chi connectivity index (χ0) is 41.2. The van der Waals surface area contributed by atoms with Gasteiger partial charge >= 0.3 is 5.97 Å². The summed E-state index contributed by atoms with van der Waals surface area (Å²) >= 11 is 0. The van der Waals surface area contributed by atoms with E-state index >= 15 is 0 Å². The minimum Gasteiger partial charge on any atom is -0.508 e. The van der Waals surface area contributed by atoms with E-state index in [2.05, 4.69) is 26.6 Å². The number of carbonyl (C=O) groups excluding carboxylic acids is 5. The van der Waals surface area contributed by atoms with Crippen molar-refractivity contribution < 1.29 is 53.9 Å². The van der Waals surface area contributed by atoms with Crippen LogP contribution in [0.1, 0.15) is 37.5 Å². The number of amides is 5. The Morgan fingerprint density at radius 2 is 1.23 bits per heavy atom. The van der Waals surface area contributed by atoms with E-state index in [1.54, 1.807) is 54.6 Å². The van der Waals surface area contributed by atoms with E-state index in [1.807, 2.05) is 19.9 Å². The van der Waals surface area contributed by atoms with Crippen LogP contribution in [-0.4, -0.2) is 106 Å². The van der Waals surface area contributed by atoms with Crippen LogP contribution < -0.4 is 31.3 Å². The number of phenolic OH excluding ortho intramolecular Hbond substituents is 1. The van der Waals surface area contributed by atoms with Gasteiger partial charge in [-0.2, -0.15) is 0 Å². The molecule has 300 valence electrons. The molecule has 56 heavy (non-hydrogen) atoms. The lowest BCUT2D eigenvalue weighted by molar-refractivity contribution is -0.142. The summed E-state index contributed by atoms with van der Waals surface area (Å²) in [4.78, 5) is 76.8. The fourth-order valence-electron chi connectivity index (χ4n) is 5.15. The van der Waals surface area contributed by atoms with Crippen LogP contribution in [0.25, 0.3) is 0 Å². The van der Waals surface area contributed by atoms with E-state index in [9.17, 15) is 49.2 Å². The molecule has 3 aromatic carbocycles. The molecule has 0 fully saturated rings. The van der Waals surface area contributed by atoms with Crippen molar-refractivity contribution in [1.29, 1.82) is 0 Å². The van der Waals surface area contributed by atoms with Crippen LogP contribution >= 0.6 is 0 Å². The molecule has 0 aromatic heterocycles. The summed E-state index contributed by atoms with van der Waals surface area (Å²) in [5.41, 5.74) is 2.86. The van der Waals surface area contributed by atoms with Crippen LogP contribution in [0.5, 0.6) is 11.5 Å². The van der Waals surface area contributed by atoms with E-state index in [0.29, 0.717) is 29.0 Å². The van der Waals surface area contributed by atoms with Gasteiger partial charge in [0.2, 0.25) is 29.5 Å². The Bertz CT molecular complexity index is 1810. The number of hydrogen-bond acceptors (Lipinski definition) is 10. The van der Waals surface area contributed by atoms with Crippen LogP contribution in [0.2, 0.25) is 0 Å². The number of carbonyl (C=O) groups is 6. The van der Waals surface area contributed by atoms with Crippen LogP contribution in [0, 0.1) is 0 Å². The highest BCUT2D eigenvalue weighted by Crippen LogP contribution is 2.15. The number of carboxylic acids is 1. The van der Waals surface area contributed by atoms with Crippen molar-refractivity contribution >= 4 is 35.5 Å². The first-order chi connectivity index (χ1) is 26.6. The molecule has 0 aliphatic carbocycles. The molecule has 0 heterocycles. The number of hydrogen-bond donors (Lipinski definition) is 9. The molecule has 0 bridgehead atoms. The molecule has 0 aliphatic rings. The van der Waals surface area contributed by atoms with Gasteiger partial charge in [0.05, 0.1) is 13.2 Å². The van der Waals surface area contributed by atoms with E-state index in [1.165, 1.54) is 31.2 Å². The Labute approximate surface area is 324 Å². The molecule has 16 nitrogen and oxygen atoms in total. The summed E-state index contributed by atoms with van der Waals surface area (Å²) in [6, 6.07) is 15.6. The smallest absolute Gasteiger partial charge is 0.326 e. The molecule has 5 atom stereocenters. The number of nitrogens with one attached hydrogen (secondary N) is 5. The molecule has 0 saturated heterocycles. The molecule has 16 heteroatoms. The molecule has 9 N–H and O–H groups in total. The highest BCUT2D eigenvalue weighted by atomic mass is 16.5. The first kappa shape index (κ1) is 44.1. The van der Waals surface area contributed by atoms with Crippen LogP contribution in [0.4, 0.5) is 0 Å². The second kappa shape index (κ2) is 22.2. The molecule has 0 aliphatic heterocycles. The van der Waals surface area contributed by atoms with Crippen LogP contribution in [0.3, 0.4) is 0 Å². The second-order valence-electron chi connectivity index (χ2n) is 13.2. The Kier molecular flexibility index (Phi) is 17.5. The average molecular weight is 776 g/mol. The predicted octanol–water partition coefficient (Wildman–Crippen LogP) is 0.278. The monoisotopic (exact) mass is 775 g/mol. The number of allylic oxidation sites excluding steroid dienone is 1. The standard InChI is InChI=1S/C40H49N5O11/c1-24(2)17-18-56-30-15-11-28(12-16-30)20-32(40(54)55)44-38(52)33(23-46)45-37(51)31(19-27-9-13-29(47)14-10-27)43-35(49)22-41-36(50)25(3)42-39(53)34(48)21-26-7-5-4-6-8-26/h4-17,25,31-34,46-48H,18-23H2,1-3H3,(H,41,50)(H,42,53)(H,43,49)(H,44,52)(H,45,51)(H,54,55). The number of benzene rings is 3. The van der Waals surface area contributed by atoms with Gasteiger partial charge in [0.15, 0.2) is 0 Å². The third kappa shape index (κ3) is 15.2. The van der Waals surface area contributed by atoms with Gasteiger partial charge in [-0.3, -0.25) is 24.0 Å². The highest BCUT2D eigenvalue weighted by molar-refractivity contribution is 5.95. The van der Waals surface area contributed by atoms with Gasteiger partial charge in [-0.25, -0.2) is 4.79 Å². The Hall–Kier alpha value is -6.26. The summed E-state index contributed by atoms with van der Waals surface area (Å²) < 4.78 is 5.62. The fraction of sp³-hybridized carbons (Fsp3) is 0.350. The fourth-order valence-corrected chi connectivity index (χ4v) is 5.15. The van der Waals surface area contributed by atoms with Crippen molar-refractivity contribution in [2.45, 2.75) is 70.3 Å². The van der Waals surface area contributed by atoms with Gasteiger partial charge in [0, 0.05) is 19.3 Å². The van der Waals surface area contributed by atoms with E-state index in [0.717, 1.165) is 5.57 Å². The quantitative estimate of drug-likeness (QED) is 0.0665. The maximum atomic E-state index is 13.5. The van der Waals surface area contributed by atoms with Gasteiger partial charge in [-0.15, -0.1) is 0 Å². The number of aromatic hydroxyl groups is 1. The van der Waals surface area contributed by atoms with Gasteiger partial charge in [-0.05, 0) is 67.8 Å². The largest absolute Gasteiger partial charge is 0.508 e. The van der Waals surface area contributed by atoms with Crippen LogP contribution in [-0.2, 0) is 48.0 Å². The molecule has 5 amide bonds. The Morgan fingerprint density at radius 1 is 0.679 bits per heavy atom. The summed E-state index contributed by atoms with van der Waals surface area (Å²) in [6.45, 7) is 4.05. The van der Waals surface area contributed by atoms with Gasteiger partial charge in [0.25, 0.3) is 0 Å². The number of aliphatic hydroxyl groups excluding tert-OH is 2. The Morgan fingerprint density at radius 3 is 1.82 bits per heavy atom. The normalized spacial score (nSPS) is 13.4. The highest BCUT2D eigenvalue weighted by Gasteiger charge is 2.30. The third-order valence-electron chi connectivity index (χ3n) is 8.31. The average Bonchev–Trinajstić information content (AvgIpc) is 3.16. The molecule has 0 spiro atoms. The summed E-state index contributed by atoms with van der Waals surface area (Å²) in [5, 5.41) is 51.7. The molecule has 5 unspecified atom stereocenters. The zero-order valence-corrected chi connectivity index (χ0v) is 31.4. The zero-order valence-electron chi connectivity index (χ0n) is 31.4. The summed E-state index contributed by atoms with van der Waals surface area (Å²) in [5.74, 6) is -5.14. The third-order valence-corrected chi connectivity index (χ3v) is 8.31. The van der Waals surface area contributed by atoms with Crippen molar-refractivity contribution in [2.75, 3.05) is 19.8 Å². The molecule has 0 saturated carbocycles. The molecule has 3 rings (SSSR count). The number of carboxylic acid groups (broad SMARTS) is 1. The van der Waals surface area contributed by atoms with Crippen LogP contribution in [0.15, 0.2) is 90.5 Å². The number of phenols is 1. The maximum absolute atomic E-state index is 13.5. The maximum Gasteiger partial charge on any atom is 0.326 e. The number of rotatable bonds is 21. The topological polar surface area (TPSA) is 253 Å². The van der Waals surface area contributed by atoms with E-state index < -0.39 is 78.9 Å². The van der Waals surface area contributed by atoms with Crippen molar-refractivity contribution in [3.8, 4) is 11.5 Å². The van der Waals surface area contributed by atoms with Crippen molar-refractivity contribution in [2.24, 2.45) is 0 Å². The van der Waals surface area contributed by atoms with Gasteiger partial charge in [0.1, 0.15) is 48.4 Å². The van der Waals surface area contributed by atoms with E-state index in [-0.39, 0.29) is 25.0 Å². The molecule has 3 aromatic rings. The predicted molar refractivity (Wildman–Crippen MR) is 204 cm³/mol. The van der Waals surface area contributed by atoms with Crippen molar-refractivity contribution in [3.63, 3.8) is 0 Å². The first-order valence-corrected chi connectivity index (χ1v) is 17.8. The first-order valence-electron chi connectivity index (χ1n) is 17.8. The summed E-state index contributed by atoms with van der Waals surface area (Å²) in [6.07, 6.45) is 0.227. The van der Waals surface area contributed by atoms with Gasteiger partial charge < -0.3 is 51.7 Å². The lowest BCUT2D eigenvalue weighted by atomic mass is 10.0. The summed E-state index contributed by atoms with van der Waals surface area (Å²) in [7, 11) is 0. The number of aliphatic carboxylic acids is 1. The second-order valence-corrected chi connectivity index (χ2v) is 13.2. The van der Waals surface area contributed by atoms with Crippen molar-refractivity contribution in [1.82, 2.24) is 26.6 Å². The SMILES string of the molecule is CC(C)=CCOc1ccc(CC(NC(=O)C(CO)NC(=O)C(Cc2ccc(O)cc2)NC(=O)CNC(=O)C(C)NC(=O)C(O)Cc2ccccc2)C(=O)O)cc1. The molecule has 0 radical (unpaired) electrons. The lowest BCUT2D eigenvalue weighted by Gasteiger charge is -2.24. The Balaban J connectivity index is 1.61. The number of ether oxygens (including phenoxy) is 1. The molecular formula is C40H49N5O11. The molecular weight excluding hydrogens is 726 g/mol. The van der Waals surface area contributed by atoms with E-state index in [4.69, 9.17) is 4.74 Å². The van der Waals surface area contributed by atoms with Gasteiger partial charge in [-0.1, -0.05) is 60.2 Å².